The van der Waals surface area contributed by atoms with Crippen LogP contribution in [0.15, 0.2) is 36.4 Å². The zero-order valence-corrected chi connectivity index (χ0v) is 12.1. The van der Waals surface area contributed by atoms with E-state index in [1.165, 1.54) is 20.3 Å². The van der Waals surface area contributed by atoms with Crippen molar-refractivity contribution in [3.8, 4) is 17.6 Å². The Morgan fingerprint density at radius 1 is 1.05 bits per heavy atom. The van der Waals surface area contributed by atoms with Crippen LogP contribution in [0.2, 0.25) is 0 Å². The molecule has 0 saturated carbocycles. The maximum absolute atomic E-state index is 13.7. The lowest BCUT2D eigenvalue weighted by Gasteiger charge is -2.09. The van der Waals surface area contributed by atoms with Crippen molar-refractivity contribution in [2.75, 3.05) is 14.2 Å². The average molecular weight is 301 g/mol. The molecule has 0 amide bonds. The van der Waals surface area contributed by atoms with Crippen LogP contribution in [0.25, 0.3) is 11.6 Å². The van der Waals surface area contributed by atoms with Gasteiger partial charge in [-0.25, -0.2) is 8.78 Å². The minimum absolute atomic E-state index is 0.00587. The van der Waals surface area contributed by atoms with Gasteiger partial charge in [-0.3, -0.25) is 0 Å². The summed E-state index contributed by atoms with van der Waals surface area (Å²) in [7, 11) is 2.98. The fourth-order valence-corrected chi connectivity index (χ4v) is 1.96. The molecule has 0 radical (unpaired) electrons. The zero-order valence-electron chi connectivity index (χ0n) is 12.1. The van der Waals surface area contributed by atoms with Crippen molar-refractivity contribution in [3.63, 3.8) is 0 Å². The first-order valence-corrected chi connectivity index (χ1v) is 6.38. The first-order chi connectivity index (χ1) is 10.6. The Morgan fingerprint density at radius 3 is 2.41 bits per heavy atom. The average Bonchev–Trinajstić information content (AvgIpc) is 2.55. The Hall–Kier alpha value is -2.87. The summed E-state index contributed by atoms with van der Waals surface area (Å²) in [5, 5.41) is 9.28. The summed E-state index contributed by atoms with van der Waals surface area (Å²) in [5.74, 6) is -0.215. The molecule has 0 bridgehead atoms. The van der Waals surface area contributed by atoms with E-state index >= 15 is 0 Å². The van der Waals surface area contributed by atoms with Gasteiger partial charge in [0, 0.05) is 5.56 Å². The van der Waals surface area contributed by atoms with Crippen molar-refractivity contribution in [2.45, 2.75) is 0 Å². The molecule has 3 nitrogen and oxygen atoms in total. The van der Waals surface area contributed by atoms with E-state index in [1.54, 1.807) is 18.2 Å². The third kappa shape index (κ3) is 3.23. The van der Waals surface area contributed by atoms with E-state index in [9.17, 15) is 14.0 Å². The topological polar surface area (TPSA) is 42.2 Å². The highest BCUT2D eigenvalue weighted by Gasteiger charge is 2.09. The smallest absolute Gasteiger partial charge is 0.161 e. The molecule has 0 aromatic heterocycles. The summed E-state index contributed by atoms with van der Waals surface area (Å²) in [5.41, 5.74) is 0.709. The van der Waals surface area contributed by atoms with Gasteiger partial charge < -0.3 is 9.47 Å². The molecule has 0 heterocycles. The van der Waals surface area contributed by atoms with Crippen molar-refractivity contribution in [3.05, 3.63) is 59.2 Å². The molecule has 2 aromatic carbocycles. The molecule has 0 aliphatic heterocycles. The van der Waals surface area contributed by atoms with Gasteiger partial charge in [-0.1, -0.05) is 0 Å². The summed E-state index contributed by atoms with van der Waals surface area (Å²) >= 11 is 0. The second-order valence-electron chi connectivity index (χ2n) is 4.41. The van der Waals surface area contributed by atoms with E-state index in [4.69, 9.17) is 9.47 Å². The van der Waals surface area contributed by atoms with Crippen molar-refractivity contribution < 1.29 is 18.3 Å². The second kappa shape index (κ2) is 6.72. The molecule has 22 heavy (non-hydrogen) atoms. The van der Waals surface area contributed by atoms with Gasteiger partial charge in [0.25, 0.3) is 0 Å². The van der Waals surface area contributed by atoms with Gasteiger partial charge in [0.05, 0.1) is 25.9 Å². The lowest BCUT2D eigenvalue weighted by molar-refractivity contribution is 0.355. The van der Waals surface area contributed by atoms with Gasteiger partial charge in [0.15, 0.2) is 11.5 Å². The summed E-state index contributed by atoms with van der Waals surface area (Å²) < 4.78 is 37.2. The van der Waals surface area contributed by atoms with E-state index in [-0.39, 0.29) is 11.1 Å². The molecule has 0 saturated heterocycles. The number of nitrogens with zero attached hydrogens (tertiary/aromatic N) is 1. The fraction of sp³-hybridized carbons (Fsp3) is 0.118. The van der Waals surface area contributed by atoms with Crippen LogP contribution in [0.3, 0.4) is 0 Å². The highest BCUT2D eigenvalue weighted by Crippen LogP contribution is 2.31. The Balaban J connectivity index is 2.50. The third-order valence-corrected chi connectivity index (χ3v) is 3.07. The Labute approximate surface area is 127 Å². The number of hydrogen-bond acceptors (Lipinski definition) is 3. The number of hydrogen-bond donors (Lipinski definition) is 0. The molecule has 2 rings (SSSR count). The number of methoxy groups -OCH3 is 2. The molecule has 0 atom stereocenters. The van der Waals surface area contributed by atoms with E-state index < -0.39 is 11.6 Å². The van der Waals surface area contributed by atoms with Crippen LogP contribution in [0.5, 0.6) is 11.5 Å². The molecular weight excluding hydrogens is 288 g/mol. The number of benzene rings is 2. The third-order valence-electron chi connectivity index (χ3n) is 3.07. The van der Waals surface area contributed by atoms with Crippen molar-refractivity contribution in [2.24, 2.45) is 0 Å². The molecule has 0 spiro atoms. The van der Waals surface area contributed by atoms with Crippen LogP contribution in [0, 0.1) is 23.0 Å². The van der Waals surface area contributed by atoms with Crippen molar-refractivity contribution in [1.29, 1.82) is 5.26 Å². The summed E-state index contributed by atoms with van der Waals surface area (Å²) in [4.78, 5) is 0. The summed E-state index contributed by atoms with van der Waals surface area (Å²) in [6, 6.07) is 9.94. The maximum atomic E-state index is 13.7. The highest BCUT2D eigenvalue weighted by atomic mass is 19.1. The molecule has 5 heteroatoms. The first kappa shape index (κ1) is 15.5. The van der Waals surface area contributed by atoms with E-state index in [0.717, 1.165) is 18.2 Å². The van der Waals surface area contributed by atoms with Gasteiger partial charge in [0.1, 0.15) is 11.6 Å². The number of allylic oxidation sites excluding steroid dienone is 1. The Kier molecular flexibility index (Phi) is 4.74. The largest absolute Gasteiger partial charge is 0.493 e. The standard InChI is InChI=1S/C17H13F2NO2/c1-21-16-6-3-11(9-17(16)22-2)13(10-20)7-12-8-14(18)4-5-15(12)19/h3-9H,1-2H3. The molecule has 0 fully saturated rings. The highest BCUT2D eigenvalue weighted by molar-refractivity contribution is 5.90. The van der Waals surface area contributed by atoms with Gasteiger partial charge in [-0.15, -0.1) is 0 Å². The lowest BCUT2D eigenvalue weighted by atomic mass is 10.0. The van der Waals surface area contributed by atoms with Crippen LogP contribution >= 0.6 is 0 Å². The maximum Gasteiger partial charge on any atom is 0.161 e. The zero-order chi connectivity index (χ0) is 16.1. The van der Waals surface area contributed by atoms with Gasteiger partial charge in [-0.2, -0.15) is 5.26 Å². The van der Waals surface area contributed by atoms with E-state index in [0.29, 0.717) is 17.1 Å². The Morgan fingerprint density at radius 2 is 1.77 bits per heavy atom. The predicted octanol–water partition coefficient (Wildman–Crippen LogP) is 4.05. The lowest BCUT2D eigenvalue weighted by Crippen LogP contribution is -1.92. The van der Waals surface area contributed by atoms with Gasteiger partial charge >= 0.3 is 0 Å². The number of nitriles is 1. The summed E-state index contributed by atoms with van der Waals surface area (Å²) in [6.07, 6.45) is 1.29. The molecule has 0 N–H and O–H groups in total. The fourth-order valence-electron chi connectivity index (χ4n) is 1.96. The SMILES string of the molecule is COc1ccc(C(C#N)=Cc2cc(F)ccc2F)cc1OC. The van der Waals surface area contributed by atoms with E-state index in [1.807, 2.05) is 6.07 Å². The number of rotatable bonds is 4. The monoisotopic (exact) mass is 301 g/mol. The first-order valence-electron chi connectivity index (χ1n) is 6.38. The molecule has 2 aromatic rings. The molecule has 0 aliphatic rings. The second-order valence-corrected chi connectivity index (χ2v) is 4.41. The van der Waals surface area contributed by atoms with Crippen LogP contribution in [0.4, 0.5) is 8.78 Å². The Bertz CT molecular complexity index is 764. The van der Waals surface area contributed by atoms with E-state index in [2.05, 4.69) is 0 Å². The van der Waals surface area contributed by atoms with Crippen LogP contribution < -0.4 is 9.47 Å². The van der Waals surface area contributed by atoms with Gasteiger partial charge in [-0.05, 0) is 48.0 Å². The number of halogens is 2. The summed E-state index contributed by atoms with van der Waals surface area (Å²) in [6.45, 7) is 0. The molecule has 0 aliphatic carbocycles. The quantitative estimate of drug-likeness (QED) is 0.632. The van der Waals surface area contributed by atoms with Crippen molar-refractivity contribution >= 4 is 11.6 Å². The molecule has 0 unspecified atom stereocenters. The van der Waals surface area contributed by atoms with Crippen molar-refractivity contribution in [1.82, 2.24) is 0 Å². The van der Waals surface area contributed by atoms with Crippen LogP contribution in [-0.2, 0) is 0 Å². The minimum atomic E-state index is -0.602. The minimum Gasteiger partial charge on any atom is -0.493 e. The number of ether oxygens (including phenoxy) is 2. The molecule has 112 valence electrons. The molecular formula is C17H13F2NO2. The normalized spacial score (nSPS) is 11.0. The predicted molar refractivity (Wildman–Crippen MR) is 79.4 cm³/mol. The van der Waals surface area contributed by atoms with Gasteiger partial charge in [0.2, 0.25) is 0 Å². The van der Waals surface area contributed by atoms with Crippen LogP contribution in [-0.4, -0.2) is 14.2 Å². The van der Waals surface area contributed by atoms with Crippen LogP contribution in [0.1, 0.15) is 11.1 Å².